The van der Waals surface area contributed by atoms with Gasteiger partial charge in [0.05, 0.1) is 7.11 Å². The Hall–Kier alpha value is -2.77. The van der Waals surface area contributed by atoms with Crippen molar-refractivity contribution < 1.29 is 23.9 Å². The van der Waals surface area contributed by atoms with Crippen LogP contribution in [0.4, 0.5) is 10.5 Å². The number of hydrogen-bond donors (Lipinski definition) is 2. The van der Waals surface area contributed by atoms with E-state index in [1.54, 1.807) is 30.2 Å². The van der Waals surface area contributed by atoms with Crippen LogP contribution in [-0.2, 0) is 14.3 Å². The number of amides is 3. The van der Waals surface area contributed by atoms with Gasteiger partial charge in [-0.05, 0) is 106 Å². The molecule has 5 aliphatic carbocycles. The van der Waals surface area contributed by atoms with Crippen molar-refractivity contribution >= 4 is 23.6 Å². The number of carbonyl (C=O) groups is 3. The van der Waals surface area contributed by atoms with Crippen LogP contribution >= 0.6 is 0 Å². The number of hydrogen-bond acceptors (Lipinski definition) is 5. The third-order valence-electron chi connectivity index (χ3n) is 10.4. The van der Waals surface area contributed by atoms with Crippen molar-refractivity contribution in [2.75, 3.05) is 19.0 Å². The molecule has 3 amide bonds. The lowest BCUT2D eigenvalue weighted by atomic mass is 9.54. The molecule has 2 unspecified atom stereocenters. The molecule has 0 radical (unpaired) electrons. The zero-order chi connectivity index (χ0) is 27.7. The molecule has 6 aliphatic rings. The van der Waals surface area contributed by atoms with Crippen molar-refractivity contribution in [3.05, 3.63) is 24.3 Å². The molecule has 2 N–H and O–H groups in total. The number of methoxy groups -OCH3 is 1. The summed E-state index contributed by atoms with van der Waals surface area (Å²) < 4.78 is 11.6. The summed E-state index contributed by atoms with van der Waals surface area (Å²) in [6.45, 7) is -0.0164. The van der Waals surface area contributed by atoms with Crippen LogP contribution in [0.1, 0.15) is 89.9 Å². The molecule has 8 heteroatoms. The van der Waals surface area contributed by atoms with Crippen LogP contribution in [0, 0.1) is 23.7 Å². The third-order valence-corrected chi connectivity index (χ3v) is 10.4. The minimum Gasteiger partial charge on any atom is -0.497 e. The van der Waals surface area contributed by atoms with Gasteiger partial charge in [-0.2, -0.15) is 0 Å². The van der Waals surface area contributed by atoms with Gasteiger partial charge >= 0.3 is 12.0 Å². The van der Waals surface area contributed by atoms with Crippen LogP contribution in [0.3, 0.4) is 0 Å². The average molecular weight is 552 g/mol. The topological polar surface area (TPSA) is 97.0 Å². The predicted molar refractivity (Wildman–Crippen MR) is 152 cm³/mol. The summed E-state index contributed by atoms with van der Waals surface area (Å²) >= 11 is 0. The maximum Gasteiger partial charge on any atom is 0.326 e. The lowest BCUT2D eigenvalue weighted by molar-refractivity contribution is -0.189. The van der Waals surface area contributed by atoms with E-state index in [4.69, 9.17) is 9.47 Å². The Balaban J connectivity index is 1.15. The second-order valence-electron chi connectivity index (χ2n) is 13.3. The molecule has 0 aromatic heterocycles. The van der Waals surface area contributed by atoms with Crippen molar-refractivity contribution in [2.45, 2.75) is 108 Å². The van der Waals surface area contributed by atoms with E-state index in [0.717, 1.165) is 44.9 Å². The first-order chi connectivity index (χ1) is 19.4. The highest BCUT2D eigenvalue weighted by molar-refractivity contribution is 5.94. The predicted octanol–water partition coefficient (Wildman–Crippen LogP) is 5.66. The fraction of sp³-hybridized carbons (Fsp3) is 0.719. The fourth-order valence-corrected chi connectivity index (χ4v) is 9.11. The lowest BCUT2D eigenvalue weighted by Crippen LogP contribution is -2.56. The Bertz CT molecular complexity index is 1060. The van der Waals surface area contributed by atoms with Gasteiger partial charge in [-0.15, -0.1) is 0 Å². The van der Waals surface area contributed by atoms with Gasteiger partial charge in [0.25, 0.3) is 0 Å². The van der Waals surface area contributed by atoms with Crippen molar-refractivity contribution in [1.29, 1.82) is 0 Å². The van der Waals surface area contributed by atoms with Gasteiger partial charge in [0.2, 0.25) is 5.91 Å². The highest BCUT2D eigenvalue weighted by atomic mass is 16.6. The summed E-state index contributed by atoms with van der Waals surface area (Å²) in [5, 5.41) is 5.74. The van der Waals surface area contributed by atoms with E-state index in [1.165, 1.54) is 38.5 Å². The van der Waals surface area contributed by atoms with E-state index < -0.39 is 12.1 Å². The third kappa shape index (κ3) is 5.96. The number of nitrogens with zero attached hydrogens (tertiary/aromatic N) is 1. The first-order valence-corrected chi connectivity index (χ1v) is 15.6. The van der Waals surface area contributed by atoms with Gasteiger partial charge in [-0.1, -0.05) is 25.3 Å². The van der Waals surface area contributed by atoms with Crippen molar-refractivity contribution in [3.8, 4) is 5.75 Å². The summed E-state index contributed by atoms with van der Waals surface area (Å²) in [5.74, 6) is 2.67. The Kier molecular flexibility index (Phi) is 7.95. The van der Waals surface area contributed by atoms with Gasteiger partial charge in [0.15, 0.2) is 0 Å². The molecule has 8 nitrogen and oxygen atoms in total. The van der Waals surface area contributed by atoms with Gasteiger partial charge in [0.1, 0.15) is 23.9 Å². The smallest absolute Gasteiger partial charge is 0.326 e. The second kappa shape index (κ2) is 11.6. The van der Waals surface area contributed by atoms with E-state index >= 15 is 0 Å². The molecule has 1 heterocycles. The van der Waals surface area contributed by atoms with Gasteiger partial charge in [0, 0.05) is 17.8 Å². The van der Waals surface area contributed by atoms with Crippen molar-refractivity contribution in [1.82, 2.24) is 10.2 Å². The average Bonchev–Trinajstić information content (AvgIpc) is 3.07. The minimum absolute atomic E-state index is 0.0164. The highest BCUT2D eigenvalue weighted by Gasteiger charge is 2.53. The number of carbonyl (C=O) groups excluding carboxylic acids is 3. The molecule has 7 rings (SSSR count). The molecular weight excluding hydrogens is 506 g/mol. The molecule has 1 aliphatic heterocycles. The van der Waals surface area contributed by atoms with Crippen LogP contribution in [0.25, 0.3) is 0 Å². The molecule has 4 bridgehead atoms. The molecule has 1 aromatic rings. The molecule has 2 atom stereocenters. The number of ether oxygens (including phenoxy) is 2. The summed E-state index contributed by atoms with van der Waals surface area (Å²) in [4.78, 5) is 42.4. The molecule has 0 spiro atoms. The number of esters is 1. The summed E-state index contributed by atoms with van der Waals surface area (Å²) in [7, 11) is 1.58. The first-order valence-electron chi connectivity index (χ1n) is 15.6. The Morgan fingerprint density at radius 3 is 2.33 bits per heavy atom. The number of rotatable bonds is 7. The molecule has 40 heavy (non-hydrogen) atoms. The van der Waals surface area contributed by atoms with E-state index in [2.05, 4.69) is 10.6 Å². The van der Waals surface area contributed by atoms with Gasteiger partial charge in [-0.25, -0.2) is 4.79 Å². The largest absolute Gasteiger partial charge is 0.497 e. The number of likely N-dealkylation sites (tertiary alicyclic amines) is 1. The van der Waals surface area contributed by atoms with Crippen LogP contribution in [0.5, 0.6) is 5.75 Å². The van der Waals surface area contributed by atoms with Crippen LogP contribution in [-0.4, -0.2) is 54.1 Å². The zero-order valence-corrected chi connectivity index (χ0v) is 23.9. The summed E-state index contributed by atoms with van der Waals surface area (Å²) in [6, 6.07) is 6.04. The SMILES string of the molecule is COc1cccc(NC(=O)NC2CCCC(C3CCCCC3)N(CC(=O)OC34CC5CC(CC(C5)C3)C4)C2=O)c1. The molecular formula is C32H45N3O5. The van der Waals surface area contributed by atoms with Gasteiger partial charge < -0.3 is 25.0 Å². The lowest BCUT2D eigenvalue weighted by Gasteiger charge is -2.55. The second-order valence-corrected chi connectivity index (χ2v) is 13.3. The van der Waals surface area contributed by atoms with Crippen LogP contribution in [0.15, 0.2) is 24.3 Å². The molecule has 6 fully saturated rings. The molecule has 1 aromatic carbocycles. The normalized spacial score (nSPS) is 33.8. The Morgan fingerprint density at radius 1 is 0.950 bits per heavy atom. The first kappa shape index (κ1) is 27.4. The maximum atomic E-state index is 14.0. The number of anilines is 1. The number of benzene rings is 1. The fourth-order valence-electron chi connectivity index (χ4n) is 9.11. The van der Waals surface area contributed by atoms with Crippen molar-refractivity contribution in [2.24, 2.45) is 23.7 Å². The van der Waals surface area contributed by atoms with E-state index in [1.807, 2.05) is 6.07 Å². The maximum absolute atomic E-state index is 14.0. The molecule has 5 saturated carbocycles. The Morgan fingerprint density at radius 2 is 1.65 bits per heavy atom. The van der Waals surface area contributed by atoms with Crippen molar-refractivity contribution in [3.63, 3.8) is 0 Å². The van der Waals surface area contributed by atoms with E-state index in [0.29, 0.717) is 41.5 Å². The monoisotopic (exact) mass is 551 g/mol. The number of nitrogens with one attached hydrogen (secondary N) is 2. The van der Waals surface area contributed by atoms with E-state index in [-0.39, 0.29) is 30.1 Å². The number of urea groups is 1. The minimum atomic E-state index is -0.674. The molecule has 218 valence electrons. The zero-order valence-electron chi connectivity index (χ0n) is 23.9. The van der Waals surface area contributed by atoms with Crippen LogP contribution in [0.2, 0.25) is 0 Å². The Labute approximate surface area is 237 Å². The highest BCUT2D eigenvalue weighted by Crippen LogP contribution is 2.57. The standard InChI is InChI=1S/C32H45N3O5/c1-39-26-10-5-9-25(16-26)33-31(38)34-27-11-6-12-28(24-7-3-2-4-8-24)35(30(27)37)20-29(36)40-32-17-21-13-22(18-32)15-23(14-21)19-32/h5,9-10,16,21-24,27-28H,2-4,6-8,11-15,17-20H2,1H3,(H2,33,34,38). The van der Waals surface area contributed by atoms with Crippen LogP contribution < -0.4 is 15.4 Å². The van der Waals surface area contributed by atoms with Gasteiger partial charge in [-0.3, -0.25) is 9.59 Å². The summed E-state index contributed by atoms with van der Waals surface area (Å²) in [6.07, 6.45) is 14.8. The summed E-state index contributed by atoms with van der Waals surface area (Å²) in [5.41, 5.74) is 0.268. The molecule has 1 saturated heterocycles. The quantitative estimate of drug-likeness (QED) is 0.427. The van der Waals surface area contributed by atoms with E-state index in [9.17, 15) is 14.4 Å².